The van der Waals surface area contributed by atoms with Crippen LogP contribution in [0.4, 0.5) is 10.1 Å². The normalized spacial score (nSPS) is 10.0. The Morgan fingerprint density at radius 1 is 1.48 bits per heavy atom. The summed E-state index contributed by atoms with van der Waals surface area (Å²) in [6, 6.07) is 4.52. The van der Waals surface area contributed by atoms with E-state index in [4.69, 9.17) is 5.73 Å². The van der Waals surface area contributed by atoms with Crippen molar-refractivity contribution in [3.05, 3.63) is 42.0 Å². The summed E-state index contributed by atoms with van der Waals surface area (Å²) < 4.78 is 15.5. The first-order chi connectivity index (χ1) is 9.60. The van der Waals surface area contributed by atoms with E-state index in [1.54, 1.807) is 24.5 Å². The summed E-state index contributed by atoms with van der Waals surface area (Å²) in [6.45, 7) is 2.34. The van der Waals surface area contributed by atoms with Gasteiger partial charge in [-0.15, -0.1) is 12.4 Å². The van der Waals surface area contributed by atoms with Crippen LogP contribution in [0.25, 0.3) is 5.69 Å². The summed E-state index contributed by atoms with van der Waals surface area (Å²) in [7, 11) is 0. The first-order valence-electron chi connectivity index (χ1n) is 6.41. The van der Waals surface area contributed by atoms with Gasteiger partial charge in [0.15, 0.2) is 5.82 Å². The molecule has 0 aliphatic rings. The Bertz CT molecular complexity index is 615. The summed E-state index contributed by atoms with van der Waals surface area (Å²) in [4.78, 5) is 11.5. The number of amides is 1. The second-order valence-electron chi connectivity index (χ2n) is 4.57. The molecule has 0 saturated heterocycles. The summed E-state index contributed by atoms with van der Waals surface area (Å²) in [5.41, 5.74) is 7.05. The first-order valence-corrected chi connectivity index (χ1v) is 6.41. The fourth-order valence-electron chi connectivity index (χ4n) is 1.80. The molecule has 1 aromatic carbocycles. The lowest BCUT2D eigenvalue weighted by Crippen LogP contribution is -2.13. The molecule has 3 N–H and O–H groups in total. The van der Waals surface area contributed by atoms with E-state index in [2.05, 4.69) is 10.4 Å². The number of aromatic nitrogens is 2. The molecular formula is C14H18ClFN4O. The van der Waals surface area contributed by atoms with Crippen LogP contribution >= 0.6 is 12.4 Å². The van der Waals surface area contributed by atoms with Gasteiger partial charge in [0.2, 0.25) is 5.91 Å². The van der Waals surface area contributed by atoms with Crippen molar-refractivity contribution in [2.45, 2.75) is 19.8 Å². The summed E-state index contributed by atoms with van der Waals surface area (Å²) >= 11 is 0. The zero-order valence-corrected chi connectivity index (χ0v) is 12.5. The van der Waals surface area contributed by atoms with Gasteiger partial charge in [-0.1, -0.05) is 0 Å². The molecule has 2 aromatic rings. The van der Waals surface area contributed by atoms with Gasteiger partial charge >= 0.3 is 0 Å². The standard InChI is InChI=1S/C14H17FN4O.ClH/c1-10-8-17-19(9-10)13-5-4-11(7-12(13)15)18-14(20)3-2-6-16;/h4-5,7-9H,2-3,6,16H2,1H3,(H,18,20);1H. The van der Waals surface area contributed by atoms with Gasteiger partial charge in [0.05, 0.1) is 6.20 Å². The van der Waals surface area contributed by atoms with Crippen molar-refractivity contribution < 1.29 is 9.18 Å². The molecule has 2 rings (SSSR count). The third-order valence-electron chi connectivity index (χ3n) is 2.80. The van der Waals surface area contributed by atoms with E-state index in [1.165, 1.54) is 10.7 Å². The highest BCUT2D eigenvalue weighted by molar-refractivity contribution is 5.90. The predicted molar refractivity (Wildman–Crippen MR) is 82.4 cm³/mol. The molecule has 0 fully saturated rings. The number of aryl methyl sites for hydroxylation is 1. The predicted octanol–water partition coefficient (Wildman–Crippen LogP) is 2.42. The monoisotopic (exact) mass is 312 g/mol. The number of hydrogen-bond acceptors (Lipinski definition) is 3. The van der Waals surface area contributed by atoms with Crippen LogP contribution in [0.1, 0.15) is 18.4 Å². The lowest BCUT2D eigenvalue weighted by molar-refractivity contribution is -0.116. The number of nitrogens with two attached hydrogens (primary N) is 1. The third kappa shape index (κ3) is 4.54. The minimum Gasteiger partial charge on any atom is -0.330 e. The van der Waals surface area contributed by atoms with Crippen LogP contribution in [-0.4, -0.2) is 22.2 Å². The largest absolute Gasteiger partial charge is 0.330 e. The Morgan fingerprint density at radius 2 is 2.24 bits per heavy atom. The molecule has 0 aliphatic heterocycles. The van der Waals surface area contributed by atoms with Crippen molar-refractivity contribution in [1.82, 2.24) is 9.78 Å². The molecule has 1 amide bonds. The second kappa shape index (κ2) is 7.75. The molecular weight excluding hydrogens is 295 g/mol. The molecule has 0 radical (unpaired) electrons. The maximum Gasteiger partial charge on any atom is 0.224 e. The highest BCUT2D eigenvalue weighted by Crippen LogP contribution is 2.18. The van der Waals surface area contributed by atoms with Crippen molar-refractivity contribution >= 4 is 24.0 Å². The fourth-order valence-corrected chi connectivity index (χ4v) is 1.80. The van der Waals surface area contributed by atoms with Crippen LogP contribution in [0.2, 0.25) is 0 Å². The van der Waals surface area contributed by atoms with Crippen molar-refractivity contribution in [3.8, 4) is 5.69 Å². The van der Waals surface area contributed by atoms with Crippen molar-refractivity contribution in [1.29, 1.82) is 0 Å². The van der Waals surface area contributed by atoms with Gasteiger partial charge in [-0.05, 0) is 43.7 Å². The maximum atomic E-state index is 14.0. The van der Waals surface area contributed by atoms with Gasteiger partial charge < -0.3 is 11.1 Å². The first kappa shape index (κ1) is 17.1. The molecule has 0 spiro atoms. The molecule has 0 saturated carbocycles. The molecule has 1 heterocycles. The van der Waals surface area contributed by atoms with Crippen molar-refractivity contribution in [2.75, 3.05) is 11.9 Å². The zero-order valence-electron chi connectivity index (χ0n) is 11.7. The topological polar surface area (TPSA) is 72.9 Å². The van der Waals surface area contributed by atoms with Crippen LogP contribution in [0.3, 0.4) is 0 Å². The lowest BCUT2D eigenvalue weighted by atomic mass is 10.2. The summed E-state index contributed by atoms with van der Waals surface area (Å²) in [6.07, 6.45) is 4.33. The molecule has 0 aliphatic carbocycles. The van der Waals surface area contributed by atoms with Crippen LogP contribution in [-0.2, 0) is 4.79 Å². The number of rotatable bonds is 5. The highest BCUT2D eigenvalue weighted by Gasteiger charge is 2.08. The number of nitrogens with one attached hydrogen (secondary N) is 1. The van der Waals surface area contributed by atoms with E-state index in [-0.39, 0.29) is 18.3 Å². The number of carbonyl (C=O) groups is 1. The summed E-state index contributed by atoms with van der Waals surface area (Å²) in [5.74, 6) is -0.609. The molecule has 114 valence electrons. The molecule has 0 unspecified atom stereocenters. The average Bonchev–Trinajstić information content (AvgIpc) is 2.83. The molecule has 0 bridgehead atoms. The van der Waals surface area contributed by atoms with E-state index in [1.807, 2.05) is 6.92 Å². The molecule has 5 nitrogen and oxygen atoms in total. The van der Waals surface area contributed by atoms with E-state index in [0.717, 1.165) is 5.56 Å². The van der Waals surface area contributed by atoms with E-state index in [0.29, 0.717) is 30.8 Å². The number of anilines is 1. The van der Waals surface area contributed by atoms with Crippen LogP contribution < -0.4 is 11.1 Å². The molecule has 21 heavy (non-hydrogen) atoms. The Balaban J connectivity index is 0.00000220. The fraction of sp³-hybridized carbons (Fsp3) is 0.286. The van der Waals surface area contributed by atoms with E-state index >= 15 is 0 Å². The Morgan fingerprint density at radius 3 is 2.81 bits per heavy atom. The van der Waals surface area contributed by atoms with Crippen LogP contribution in [0.5, 0.6) is 0 Å². The molecule has 7 heteroatoms. The van der Waals surface area contributed by atoms with Gasteiger partial charge in [0, 0.05) is 18.3 Å². The van der Waals surface area contributed by atoms with Gasteiger partial charge in [0.25, 0.3) is 0 Å². The smallest absolute Gasteiger partial charge is 0.224 e. The van der Waals surface area contributed by atoms with E-state index < -0.39 is 5.82 Å². The number of benzene rings is 1. The quantitative estimate of drug-likeness (QED) is 0.890. The molecule has 0 atom stereocenters. The Labute approximate surface area is 128 Å². The SMILES string of the molecule is Cc1cnn(-c2ccc(NC(=O)CCCN)cc2F)c1.Cl. The van der Waals surface area contributed by atoms with Crippen LogP contribution in [0.15, 0.2) is 30.6 Å². The number of halogens is 2. The minimum absolute atomic E-state index is 0. The van der Waals surface area contributed by atoms with Gasteiger partial charge in [-0.25, -0.2) is 9.07 Å². The zero-order chi connectivity index (χ0) is 14.5. The summed E-state index contributed by atoms with van der Waals surface area (Å²) in [5, 5.41) is 6.69. The maximum absolute atomic E-state index is 14.0. The minimum atomic E-state index is -0.440. The Kier molecular flexibility index (Phi) is 6.33. The second-order valence-corrected chi connectivity index (χ2v) is 4.57. The van der Waals surface area contributed by atoms with Gasteiger partial charge in [0.1, 0.15) is 5.69 Å². The number of carbonyl (C=O) groups excluding carboxylic acids is 1. The highest BCUT2D eigenvalue weighted by atomic mass is 35.5. The lowest BCUT2D eigenvalue weighted by Gasteiger charge is -2.08. The van der Waals surface area contributed by atoms with Gasteiger partial charge in [-0.3, -0.25) is 4.79 Å². The molecule has 1 aromatic heterocycles. The number of hydrogen-bond donors (Lipinski definition) is 2. The Hall–Kier alpha value is -1.92. The van der Waals surface area contributed by atoms with Crippen LogP contribution in [0, 0.1) is 12.7 Å². The van der Waals surface area contributed by atoms with Crippen molar-refractivity contribution in [3.63, 3.8) is 0 Å². The van der Waals surface area contributed by atoms with Gasteiger partial charge in [-0.2, -0.15) is 5.10 Å². The third-order valence-corrected chi connectivity index (χ3v) is 2.80. The van der Waals surface area contributed by atoms with E-state index in [9.17, 15) is 9.18 Å². The number of nitrogens with zero attached hydrogens (tertiary/aromatic N) is 2. The average molecular weight is 313 g/mol. The van der Waals surface area contributed by atoms with Crippen molar-refractivity contribution in [2.24, 2.45) is 5.73 Å².